The van der Waals surface area contributed by atoms with Crippen LogP contribution < -0.4 is 9.47 Å². The van der Waals surface area contributed by atoms with Crippen LogP contribution in [0, 0.1) is 11.8 Å². The van der Waals surface area contributed by atoms with Crippen LogP contribution in [0.4, 0.5) is 0 Å². The van der Waals surface area contributed by atoms with Gasteiger partial charge in [0.2, 0.25) is 0 Å². The molecule has 1 spiro atoms. The third-order valence-corrected chi connectivity index (χ3v) is 5.60. The van der Waals surface area contributed by atoms with Gasteiger partial charge in [-0.2, -0.15) is 0 Å². The Bertz CT molecular complexity index is 537. The summed E-state index contributed by atoms with van der Waals surface area (Å²) in [5, 5.41) is 10.6. The van der Waals surface area contributed by atoms with Gasteiger partial charge in [0, 0.05) is 18.1 Å². The summed E-state index contributed by atoms with van der Waals surface area (Å²) < 4.78 is 11.7. The monoisotopic (exact) mass is 288 g/mol. The summed E-state index contributed by atoms with van der Waals surface area (Å²) in [7, 11) is 1.67. The predicted molar refractivity (Wildman–Crippen MR) is 80.6 cm³/mol. The fourth-order valence-corrected chi connectivity index (χ4v) is 4.36. The first-order valence-corrected chi connectivity index (χ1v) is 8.24. The van der Waals surface area contributed by atoms with Gasteiger partial charge in [-0.1, -0.05) is 0 Å². The number of ether oxygens (including phenoxy) is 2. The minimum absolute atomic E-state index is 0.149. The first kappa shape index (κ1) is 13.4. The molecule has 0 amide bonds. The molecule has 3 atom stereocenters. The summed E-state index contributed by atoms with van der Waals surface area (Å²) in [6.07, 6.45) is 7.90. The molecule has 0 bridgehead atoms. The van der Waals surface area contributed by atoms with Gasteiger partial charge >= 0.3 is 0 Å². The number of aliphatic hydroxyl groups is 1. The normalized spacial score (nSPS) is 35.1. The number of hydrogen-bond acceptors (Lipinski definition) is 3. The molecule has 1 aliphatic heterocycles. The SMILES string of the molecule is COc1ccc2c(c1)OC1(CCCC(C3CC3)C1)CC2O. The van der Waals surface area contributed by atoms with Crippen molar-refractivity contribution < 1.29 is 14.6 Å². The van der Waals surface area contributed by atoms with Crippen molar-refractivity contribution in [1.29, 1.82) is 0 Å². The molecule has 21 heavy (non-hydrogen) atoms. The highest BCUT2D eigenvalue weighted by Crippen LogP contribution is 2.52. The quantitative estimate of drug-likeness (QED) is 0.898. The molecular weight excluding hydrogens is 264 g/mol. The highest BCUT2D eigenvalue weighted by molar-refractivity contribution is 5.44. The molecule has 3 heteroatoms. The first-order chi connectivity index (χ1) is 10.2. The van der Waals surface area contributed by atoms with Gasteiger partial charge in [0.15, 0.2) is 0 Å². The zero-order valence-electron chi connectivity index (χ0n) is 12.7. The molecule has 2 saturated carbocycles. The van der Waals surface area contributed by atoms with Crippen molar-refractivity contribution in [2.45, 2.75) is 56.7 Å². The Balaban J connectivity index is 1.62. The van der Waals surface area contributed by atoms with E-state index in [1.165, 1.54) is 25.7 Å². The van der Waals surface area contributed by atoms with E-state index in [1.807, 2.05) is 18.2 Å². The summed E-state index contributed by atoms with van der Waals surface area (Å²) in [5.74, 6) is 3.35. The van der Waals surface area contributed by atoms with Crippen molar-refractivity contribution in [1.82, 2.24) is 0 Å². The van der Waals surface area contributed by atoms with Gasteiger partial charge in [0.25, 0.3) is 0 Å². The smallest absolute Gasteiger partial charge is 0.129 e. The maximum absolute atomic E-state index is 10.6. The summed E-state index contributed by atoms with van der Waals surface area (Å²) in [4.78, 5) is 0. The molecular formula is C18H24O3. The van der Waals surface area contributed by atoms with Gasteiger partial charge in [-0.05, 0) is 62.5 Å². The lowest BCUT2D eigenvalue weighted by molar-refractivity contribution is -0.0545. The van der Waals surface area contributed by atoms with Gasteiger partial charge in [0.05, 0.1) is 13.2 Å². The largest absolute Gasteiger partial charge is 0.497 e. The molecule has 1 aromatic carbocycles. The first-order valence-electron chi connectivity index (χ1n) is 8.24. The van der Waals surface area contributed by atoms with E-state index in [0.29, 0.717) is 0 Å². The minimum atomic E-state index is -0.405. The third kappa shape index (κ3) is 2.42. The standard InChI is InChI=1S/C18H24O3/c1-20-14-6-7-15-16(19)11-18(21-17(15)9-14)8-2-3-13(10-18)12-4-5-12/h6-7,9,12-13,16,19H,2-5,8,10-11H2,1H3. The van der Waals surface area contributed by atoms with Crippen molar-refractivity contribution in [3.63, 3.8) is 0 Å². The van der Waals surface area contributed by atoms with E-state index < -0.39 is 6.10 Å². The predicted octanol–water partition coefficient (Wildman–Crippen LogP) is 3.85. The Labute approximate surface area is 126 Å². The average Bonchev–Trinajstić information content (AvgIpc) is 3.31. The van der Waals surface area contributed by atoms with Crippen LogP contribution in [0.1, 0.15) is 56.6 Å². The Morgan fingerprint density at radius 3 is 2.81 bits per heavy atom. The van der Waals surface area contributed by atoms with Crippen LogP contribution in [-0.2, 0) is 0 Å². The fourth-order valence-electron chi connectivity index (χ4n) is 4.36. The molecule has 1 N–H and O–H groups in total. The average molecular weight is 288 g/mol. The number of hydrogen-bond donors (Lipinski definition) is 1. The molecule has 3 aliphatic rings. The van der Waals surface area contributed by atoms with E-state index in [4.69, 9.17) is 9.47 Å². The lowest BCUT2D eigenvalue weighted by Gasteiger charge is -2.45. The Hall–Kier alpha value is -1.22. The molecule has 3 unspecified atom stereocenters. The second-order valence-corrected chi connectivity index (χ2v) is 7.10. The number of fused-ring (bicyclic) bond motifs is 1. The number of benzene rings is 1. The number of rotatable bonds is 2. The molecule has 0 radical (unpaired) electrons. The third-order valence-electron chi connectivity index (χ3n) is 5.60. The van der Waals surface area contributed by atoms with Crippen molar-refractivity contribution in [3.05, 3.63) is 23.8 Å². The Morgan fingerprint density at radius 2 is 2.05 bits per heavy atom. The summed E-state index contributed by atoms with van der Waals surface area (Å²) in [5.41, 5.74) is 0.763. The van der Waals surface area contributed by atoms with Gasteiger partial charge in [-0.15, -0.1) is 0 Å². The summed E-state index contributed by atoms with van der Waals surface area (Å²) >= 11 is 0. The maximum Gasteiger partial charge on any atom is 0.129 e. The number of methoxy groups -OCH3 is 1. The van der Waals surface area contributed by atoms with Crippen molar-refractivity contribution in [2.24, 2.45) is 11.8 Å². The highest BCUT2D eigenvalue weighted by Gasteiger charge is 2.47. The van der Waals surface area contributed by atoms with E-state index in [9.17, 15) is 5.11 Å². The van der Waals surface area contributed by atoms with Crippen LogP contribution in [0.25, 0.3) is 0 Å². The van der Waals surface area contributed by atoms with Crippen LogP contribution in [-0.4, -0.2) is 17.8 Å². The van der Waals surface area contributed by atoms with Crippen LogP contribution in [0.3, 0.4) is 0 Å². The topological polar surface area (TPSA) is 38.7 Å². The van der Waals surface area contributed by atoms with E-state index >= 15 is 0 Å². The van der Waals surface area contributed by atoms with Crippen LogP contribution >= 0.6 is 0 Å². The Kier molecular flexibility index (Phi) is 3.14. The fraction of sp³-hybridized carbons (Fsp3) is 0.667. The molecule has 0 aromatic heterocycles. The molecule has 114 valence electrons. The maximum atomic E-state index is 10.6. The summed E-state index contributed by atoms with van der Waals surface area (Å²) in [6.45, 7) is 0. The van der Waals surface area contributed by atoms with Crippen molar-refractivity contribution in [2.75, 3.05) is 7.11 Å². The number of aliphatic hydroxyl groups excluding tert-OH is 1. The zero-order chi connectivity index (χ0) is 14.4. The summed E-state index contributed by atoms with van der Waals surface area (Å²) in [6, 6.07) is 5.77. The van der Waals surface area contributed by atoms with Gasteiger partial charge in [0.1, 0.15) is 17.1 Å². The van der Waals surface area contributed by atoms with Crippen molar-refractivity contribution in [3.8, 4) is 11.5 Å². The van der Waals surface area contributed by atoms with Crippen molar-refractivity contribution >= 4 is 0 Å². The molecule has 3 nitrogen and oxygen atoms in total. The molecule has 2 aliphatic carbocycles. The van der Waals surface area contributed by atoms with Gasteiger partial charge < -0.3 is 14.6 Å². The van der Waals surface area contributed by atoms with E-state index in [-0.39, 0.29) is 5.60 Å². The van der Waals surface area contributed by atoms with E-state index in [2.05, 4.69) is 0 Å². The van der Waals surface area contributed by atoms with Crippen LogP contribution in [0.2, 0.25) is 0 Å². The van der Waals surface area contributed by atoms with Crippen LogP contribution in [0.15, 0.2) is 18.2 Å². The highest BCUT2D eigenvalue weighted by atomic mass is 16.5. The lowest BCUT2D eigenvalue weighted by atomic mass is 9.72. The second-order valence-electron chi connectivity index (χ2n) is 7.10. The molecule has 0 saturated heterocycles. The van der Waals surface area contributed by atoms with Gasteiger partial charge in [-0.3, -0.25) is 0 Å². The molecule has 1 heterocycles. The molecule has 2 fully saturated rings. The Morgan fingerprint density at radius 1 is 1.19 bits per heavy atom. The zero-order valence-corrected chi connectivity index (χ0v) is 12.7. The minimum Gasteiger partial charge on any atom is -0.497 e. The molecule has 4 rings (SSSR count). The van der Waals surface area contributed by atoms with E-state index in [0.717, 1.165) is 48.2 Å². The lowest BCUT2D eigenvalue weighted by Crippen LogP contribution is -2.45. The van der Waals surface area contributed by atoms with E-state index in [1.54, 1.807) is 7.11 Å². The second kappa shape index (κ2) is 4.91. The van der Waals surface area contributed by atoms with Gasteiger partial charge in [-0.25, -0.2) is 0 Å². The molecule has 1 aromatic rings. The van der Waals surface area contributed by atoms with Crippen LogP contribution in [0.5, 0.6) is 11.5 Å².